The van der Waals surface area contributed by atoms with Gasteiger partial charge in [0.25, 0.3) is 10.0 Å². The lowest BCUT2D eigenvalue weighted by Gasteiger charge is -2.04. The summed E-state index contributed by atoms with van der Waals surface area (Å²) in [7, 11) is -5.92. The lowest BCUT2D eigenvalue weighted by molar-refractivity contribution is 0.580. The molecule has 17 heavy (non-hydrogen) atoms. The first-order valence-corrected chi connectivity index (χ1v) is 8.62. The van der Waals surface area contributed by atoms with Gasteiger partial charge in [-0.2, -0.15) is 0 Å². The van der Waals surface area contributed by atoms with E-state index in [1.807, 2.05) is 0 Å². The van der Waals surface area contributed by atoms with E-state index in [2.05, 4.69) is 14.4 Å². The summed E-state index contributed by atoms with van der Waals surface area (Å²) in [6, 6.07) is 0. The molecule has 0 unspecified atom stereocenters. The van der Waals surface area contributed by atoms with Gasteiger partial charge in [-0.1, -0.05) is 22.9 Å². The molecule has 11 heteroatoms. The van der Waals surface area contributed by atoms with Crippen molar-refractivity contribution in [3.63, 3.8) is 0 Å². The number of nitrogens with one attached hydrogen (secondary N) is 2. The Bertz CT molecular complexity index is 579. The highest BCUT2D eigenvalue weighted by molar-refractivity contribution is 7.92. The Kier molecular flexibility index (Phi) is 4.86. The van der Waals surface area contributed by atoms with Gasteiger partial charge in [-0.15, -0.1) is 0 Å². The summed E-state index contributed by atoms with van der Waals surface area (Å²) in [5.74, 6) is -0.338. The van der Waals surface area contributed by atoms with Gasteiger partial charge in [0.05, 0.1) is 11.9 Å². The third-order valence-corrected chi connectivity index (χ3v) is 6.10. The molecule has 0 aliphatic rings. The number of nitrogens with zero attached hydrogens (tertiary/aromatic N) is 1. The van der Waals surface area contributed by atoms with Crippen molar-refractivity contribution in [2.75, 3.05) is 19.3 Å². The van der Waals surface area contributed by atoms with Crippen molar-refractivity contribution < 1.29 is 16.8 Å². The van der Waals surface area contributed by atoms with Crippen molar-refractivity contribution in [1.82, 2.24) is 14.4 Å². The molecule has 0 aromatic carbocycles. The molecule has 0 aliphatic heterocycles. The van der Waals surface area contributed by atoms with E-state index in [1.54, 1.807) is 0 Å². The molecule has 1 rings (SSSR count). The molecule has 0 saturated heterocycles. The lowest BCUT2D eigenvalue weighted by atomic mass is 10.8. The minimum Gasteiger partial charge on any atom is -0.232 e. The SMILES string of the molecule is CNS(=O)(=O)CCNS(=O)(=O)c1cnc(Cl)s1. The van der Waals surface area contributed by atoms with Crippen LogP contribution in [0.2, 0.25) is 4.47 Å². The molecular weight excluding hydrogens is 310 g/mol. The Labute approximate surface area is 108 Å². The molecule has 0 atom stereocenters. The second kappa shape index (κ2) is 5.59. The topological polar surface area (TPSA) is 105 Å². The zero-order valence-corrected chi connectivity index (χ0v) is 11.9. The lowest BCUT2D eigenvalue weighted by Crippen LogP contribution is -2.32. The molecule has 0 fully saturated rings. The van der Waals surface area contributed by atoms with Crippen LogP contribution in [0.5, 0.6) is 0 Å². The zero-order chi connectivity index (χ0) is 13.1. The van der Waals surface area contributed by atoms with Crippen LogP contribution in [0, 0.1) is 0 Å². The van der Waals surface area contributed by atoms with Crippen molar-refractivity contribution in [3.05, 3.63) is 10.7 Å². The predicted octanol–water partition coefficient (Wildman–Crippen LogP) is -0.376. The van der Waals surface area contributed by atoms with Gasteiger partial charge in [0.15, 0.2) is 8.68 Å². The molecule has 98 valence electrons. The first-order valence-electron chi connectivity index (χ1n) is 4.29. The molecule has 0 spiro atoms. The summed E-state index contributed by atoms with van der Waals surface area (Å²) in [5.41, 5.74) is 0. The minimum atomic E-state index is -3.74. The number of thiazole rings is 1. The molecule has 0 bridgehead atoms. The van der Waals surface area contributed by atoms with Crippen molar-refractivity contribution in [2.24, 2.45) is 0 Å². The number of sulfonamides is 2. The van der Waals surface area contributed by atoms with Gasteiger partial charge in [0, 0.05) is 6.54 Å². The molecular formula is C6H10ClN3O4S3. The number of aromatic nitrogens is 1. The second-order valence-electron chi connectivity index (χ2n) is 2.85. The van der Waals surface area contributed by atoms with Gasteiger partial charge in [-0.05, 0) is 7.05 Å². The quantitative estimate of drug-likeness (QED) is 0.744. The van der Waals surface area contributed by atoms with Crippen molar-refractivity contribution in [2.45, 2.75) is 4.21 Å². The highest BCUT2D eigenvalue weighted by Gasteiger charge is 2.18. The summed E-state index contributed by atoms with van der Waals surface area (Å²) in [6.45, 7) is -0.221. The van der Waals surface area contributed by atoms with Crippen LogP contribution in [0.15, 0.2) is 10.4 Å². The molecule has 0 radical (unpaired) electrons. The molecule has 0 amide bonds. The van der Waals surface area contributed by atoms with Crippen LogP contribution in [0.3, 0.4) is 0 Å². The number of hydrogen-bond donors (Lipinski definition) is 2. The van der Waals surface area contributed by atoms with Crippen LogP contribution in [0.25, 0.3) is 0 Å². The van der Waals surface area contributed by atoms with Crippen LogP contribution in [-0.4, -0.2) is 41.2 Å². The summed E-state index contributed by atoms with van der Waals surface area (Å²) in [4.78, 5) is 3.59. The van der Waals surface area contributed by atoms with Gasteiger partial charge < -0.3 is 0 Å². The second-order valence-corrected chi connectivity index (χ2v) is 8.51. The summed E-state index contributed by atoms with van der Waals surface area (Å²) >= 11 is 6.30. The van der Waals surface area contributed by atoms with Crippen molar-refractivity contribution in [3.8, 4) is 0 Å². The molecule has 1 aromatic rings. The smallest absolute Gasteiger partial charge is 0.232 e. The first kappa shape index (κ1) is 14.8. The fraction of sp³-hybridized carbons (Fsp3) is 0.500. The van der Waals surface area contributed by atoms with E-state index in [4.69, 9.17) is 11.6 Å². The Morgan fingerprint density at radius 1 is 1.41 bits per heavy atom. The third kappa shape index (κ3) is 4.48. The van der Waals surface area contributed by atoms with Crippen LogP contribution in [0.4, 0.5) is 0 Å². The van der Waals surface area contributed by atoms with Crippen LogP contribution >= 0.6 is 22.9 Å². The fourth-order valence-corrected chi connectivity index (χ4v) is 3.92. The third-order valence-electron chi connectivity index (χ3n) is 1.70. The average Bonchev–Trinajstić information content (AvgIpc) is 2.65. The minimum absolute atomic E-state index is 0.0515. The Balaban J connectivity index is 2.64. The summed E-state index contributed by atoms with van der Waals surface area (Å²) < 4.78 is 49.6. The van der Waals surface area contributed by atoms with Gasteiger partial charge in [-0.3, -0.25) is 0 Å². The van der Waals surface area contributed by atoms with Gasteiger partial charge in [0.1, 0.15) is 0 Å². The standard InChI is InChI=1S/C6H10ClN3O4S3/c1-8-16(11,12)3-2-10-17(13,14)5-4-9-6(7)15-5/h4,8,10H,2-3H2,1H3. The van der Waals surface area contributed by atoms with E-state index in [-0.39, 0.29) is 21.0 Å². The predicted molar refractivity (Wildman–Crippen MR) is 65.2 cm³/mol. The molecule has 1 heterocycles. The van der Waals surface area contributed by atoms with E-state index in [1.165, 1.54) is 7.05 Å². The number of rotatable bonds is 6. The number of hydrogen-bond acceptors (Lipinski definition) is 6. The van der Waals surface area contributed by atoms with E-state index in [0.29, 0.717) is 0 Å². The van der Waals surface area contributed by atoms with Crippen LogP contribution in [0.1, 0.15) is 0 Å². The van der Waals surface area contributed by atoms with Gasteiger partial charge in [-0.25, -0.2) is 31.3 Å². The summed E-state index contributed by atoms with van der Waals surface area (Å²) in [6.07, 6.45) is 1.11. The van der Waals surface area contributed by atoms with Gasteiger partial charge >= 0.3 is 0 Å². The largest absolute Gasteiger partial charge is 0.251 e. The molecule has 7 nitrogen and oxygen atoms in total. The maximum Gasteiger partial charge on any atom is 0.251 e. The van der Waals surface area contributed by atoms with Crippen molar-refractivity contribution >= 4 is 43.0 Å². The zero-order valence-electron chi connectivity index (χ0n) is 8.67. The molecule has 0 aliphatic carbocycles. The van der Waals surface area contributed by atoms with Crippen molar-refractivity contribution in [1.29, 1.82) is 0 Å². The van der Waals surface area contributed by atoms with E-state index in [0.717, 1.165) is 17.5 Å². The monoisotopic (exact) mass is 319 g/mol. The highest BCUT2D eigenvalue weighted by Crippen LogP contribution is 2.21. The van der Waals surface area contributed by atoms with E-state index in [9.17, 15) is 16.8 Å². The average molecular weight is 320 g/mol. The normalized spacial score (nSPS) is 12.8. The Morgan fingerprint density at radius 3 is 2.53 bits per heavy atom. The maximum atomic E-state index is 11.6. The van der Waals surface area contributed by atoms with Gasteiger partial charge in [0.2, 0.25) is 10.0 Å². The molecule has 0 saturated carbocycles. The summed E-state index contributed by atoms with van der Waals surface area (Å²) in [5, 5.41) is 0. The first-order chi connectivity index (χ1) is 7.77. The molecule has 2 N–H and O–H groups in total. The highest BCUT2D eigenvalue weighted by atomic mass is 35.5. The Morgan fingerprint density at radius 2 is 2.06 bits per heavy atom. The van der Waals surface area contributed by atoms with Crippen LogP contribution in [-0.2, 0) is 20.0 Å². The Hall–Kier alpha value is -0.260. The molecule has 1 aromatic heterocycles. The van der Waals surface area contributed by atoms with E-state index >= 15 is 0 Å². The maximum absolute atomic E-state index is 11.6. The fourth-order valence-electron chi connectivity index (χ4n) is 0.847. The number of halogens is 1. The van der Waals surface area contributed by atoms with E-state index < -0.39 is 20.0 Å². The van der Waals surface area contributed by atoms with Crippen LogP contribution < -0.4 is 9.44 Å².